The summed E-state index contributed by atoms with van der Waals surface area (Å²) in [5.74, 6) is -0.226. The molecule has 176 valence electrons. The second-order valence-electron chi connectivity index (χ2n) is 9.27. The minimum absolute atomic E-state index is 0.0963. The summed E-state index contributed by atoms with van der Waals surface area (Å²) < 4.78 is 11.5. The van der Waals surface area contributed by atoms with Crippen LogP contribution >= 0.6 is 0 Å². The molecule has 4 rings (SSSR count). The van der Waals surface area contributed by atoms with Gasteiger partial charge in [-0.25, -0.2) is 0 Å². The Kier molecular flexibility index (Phi) is 6.08. The molecular weight excluding hydrogens is 440 g/mol. The van der Waals surface area contributed by atoms with Crippen LogP contribution in [0.1, 0.15) is 29.3 Å². The number of carbonyl (C=O) groups is 2. The third-order valence-corrected chi connectivity index (χ3v) is 9.27. The first-order valence-electron chi connectivity index (χ1n) is 11.0. The lowest BCUT2D eigenvalue weighted by molar-refractivity contribution is -0.143. The van der Waals surface area contributed by atoms with E-state index in [0.29, 0.717) is 34.7 Å². The van der Waals surface area contributed by atoms with Crippen LogP contribution in [0.15, 0.2) is 42.5 Å². The van der Waals surface area contributed by atoms with Crippen molar-refractivity contribution in [3.63, 3.8) is 0 Å². The first-order valence-corrected chi connectivity index (χ1v) is 14.1. The van der Waals surface area contributed by atoms with Crippen molar-refractivity contribution in [2.24, 2.45) is 5.92 Å². The van der Waals surface area contributed by atoms with Gasteiger partial charge in [0.05, 0.1) is 13.2 Å². The van der Waals surface area contributed by atoms with Crippen LogP contribution in [-0.2, 0) is 15.1 Å². The summed E-state index contributed by atoms with van der Waals surface area (Å²) in [6.45, 7) is 5.49. The fraction of sp³-hybridized carbons (Fsp3) is 0.417. The summed E-state index contributed by atoms with van der Waals surface area (Å²) in [6, 6.07) is 12.0. The summed E-state index contributed by atoms with van der Waals surface area (Å²) in [6.07, 6.45) is -0.101. The van der Waals surface area contributed by atoms with E-state index in [1.807, 2.05) is 20.0 Å². The third kappa shape index (κ3) is 3.95. The fourth-order valence-corrected chi connectivity index (χ4v) is 7.92. The number of anilines is 2. The van der Waals surface area contributed by atoms with E-state index in [1.54, 1.807) is 49.6 Å². The van der Waals surface area contributed by atoms with Gasteiger partial charge in [-0.2, -0.15) is 0 Å². The normalized spacial score (nSPS) is 26.2. The van der Waals surface area contributed by atoms with Crippen molar-refractivity contribution in [3.05, 3.63) is 53.6 Å². The molecule has 2 aliphatic rings. The van der Waals surface area contributed by atoms with E-state index in [0.717, 1.165) is 0 Å². The Morgan fingerprint density at radius 2 is 1.94 bits per heavy atom. The van der Waals surface area contributed by atoms with E-state index in [9.17, 15) is 19.5 Å². The number of amides is 2. The van der Waals surface area contributed by atoms with Crippen LogP contribution in [0.5, 0.6) is 5.75 Å². The predicted octanol–water partition coefficient (Wildman–Crippen LogP) is 3.08. The van der Waals surface area contributed by atoms with Crippen molar-refractivity contribution in [3.8, 4) is 5.75 Å². The van der Waals surface area contributed by atoms with Crippen LogP contribution in [0.4, 0.5) is 11.4 Å². The number of benzene rings is 2. The molecule has 0 saturated carbocycles. The quantitative estimate of drug-likeness (QED) is 0.482. The fourth-order valence-electron chi connectivity index (χ4n) is 5.32. The second kappa shape index (κ2) is 8.57. The molecule has 0 bridgehead atoms. The molecule has 1 spiro atoms. The van der Waals surface area contributed by atoms with Gasteiger partial charge in [-0.3, -0.25) is 9.59 Å². The first-order chi connectivity index (χ1) is 15.6. The summed E-state index contributed by atoms with van der Waals surface area (Å²) >= 11 is 0. The molecule has 0 unspecified atom stereocenters. The van der Waals surface area contributed by atoms with Gasteiger partial charge >= 0.3 is 0 Å². The van der Waals surface area contributed by atoms with Crippen LogP contribution in [0.2, 0.25) is 18.6 Å². The van der Waals surface area contributed by atoms with E-state index in [1.165, 1.54) is 0 Å². The van der Waals surface area contributed by atoms with Gasteiger partial charge in [0.1, 0.15) is 5.75 Å². The molecule has 1 fully saturated rings. The number of nitrogens with one attached hydrogen (secondary N) is 2. The van der Waals surface area contributed by atoms with Crippen molar-refractivity contribution >= 4 is 31.5 Å². The zero-order valence-electron chi connectivity index (χ0n) is 19.2. The Bertz CT molecular complexity index is 1070. The first kappa shape index (κ1) is 23.4. The highest BCUT2D eigenvalue weighted by molar-refractivity contribution is 6.71. The second-order valence-corrected chi connectivity index (χ2v) is 13.2. The summed E-state index contributed by atoms with van der Waals surface area (Å²) in [4.78, 5) is 37.0. The standard InChI is InChI=1S/C24H30N2O6Si/c1-14-21(33(3,4)30)20(11-12-27)32-24(14)18-13-16(7-10-19(18)26-23(24)29)25-22(28)15-5-8-17(31-2)9-6-15/h5-10,13-14,20-21,27,30H,11-12H2,1-4H3,(H,25,28)(H,26,29)/t14-,20+,21-,24+/m1/s1. The molecular formula is C24H30N2O6Si. The Balaban J connectivity index is 1.67. The maximum atomic E-state index is 13.2. The van der Waals surface area contributed by atoms with Gasteiger partial charge in [0.25, 0.3) is 11.8 Å². The van der Waals surface area contributed by atoms with Gasteiger partial charge in [-0.1, -0.05) is 6.92 Å². The van der Waals surface area contributed by atoms with Crippen LogP contribution < -0.4 is 15.4 Å². The molecule has 2 heterocycles. The molecule has 2 aromatic rings. The SMILES string of the molecule is COc1ccc(C(=O)Nc2ccc3c(c2)[C@]2(O[C@@H](CCO)[C@H]([Si](C)(C)O)[C@H]2C)C(=O)N3)cc1. The van der Waals surface area contributed by atoms with Gasteiger partial charge in [-0.05, 0) is 62.0 Å². The molecule has 0 radical (unpaired) electrons. The Hall–Kier alpha value is -2.72. The van der Waals surface area contributed by atoms with E-state index >= 15 is 0 Å². The van der Waals surface area contributed by atoms with Gasteiger partial charge in [0, 0.05) is 40.6 Å². The van der Waals surface area contributed by atoms with Crippen molar-refractivity contribution in [2.45, 2.75) is 43.7 Å². The van der Waals surface area contributed by atoms with Gasteiger partial charge < -0.3 is 30.0 Å². The average molecular weight is 471 g/mol. The largest absolute Gasteiger partial charge is 0.497 e. The topological polar surface area (TPSA) is 117 Å². The molecule has 2 aromatic carbocycles. The molecule has 2 amide bonds. The lowest BCUT2D eigenvalue weighted by Gasteiger charge is -2.32. The number of ether oxygens (including phenoxy) is 2. The number of carbonyl (C=O) groups excluding carboxylic acids is 2. The molecule has 1 saturated heterocycles. The molecule has 33 heavy (non-hydrogen) atoms. The average Bonchev–Trinajstić information content (AvgIpc) is 3.22. The summed E-state index contributed by atoms with van der Waals surface area (Å²) in [7, 11) is -1.16. The smallest absolute Gasteiger partial charge is 0.261 e. The lowest BCUT2D eigenvalue weighted by atomic mass is 9.82. The van der Waals surface area contributed by atoms with Crippen molar-refractivity contribution in [1.29, 1.82) is 0 Å². The molecule has 4 N–H and O–H groups in total. The molecule has 0 aliphatic carbocycles. The zero-order valence-corrected chi connectivity index (χ0v) is 20.2. The Labute approximate surface area is 194 Å². The van der Waals surface area contributed by atoms with Crippen LogP contribution in [0, 0.1) is 5.92 Å². The number of hydrogen-bond acceptors (Lipinski definition) is 6. The van der Waals surface area contributed by atoms with Gasteiger partial charge in [0.2, 0.25) is 0 Å². The van der Waals surface area contributed by atoms with E-state index in [-0.39, 0.29) is 29.9 Å². The van der Waals surface area contributed by atoms with Gasteiger partial charge in [0.15, 0.2) is 13.9 Å². The number of rotatable bonds is 6. The maximum absolute atomic E-state index is 13.2. The lowest BCUT2D eigenvalue weighted by Crippen LogP contribution is -2.43. The molecule has 0 aromatic heterocycles. The highest BCUT2D eigenvalue weighted by Gasteiger charge is 2.64. The van der Waals surface area contributed by atoms with Crippen molar-refractivity contribution < 1.29 is 29.0 Å². The Morgan fingerprint density at radius 3 is 2.55 bits per heavy atom. The molecule has 8 nitrogen and oxygen atoms in total. The summed E-state index contributed by atoms with van der Waals surface area (Å²) in [5, 5.41) is 15.4. The van der Waals surface area contributed by atoms with Crippen molar-refractivity contribution in [2.75, 3.05) is 24.4 Å². The third-order valence-electron chi connectivity index (χ3n) is 6.76. The van der Waals surface area contributed by atoms with E-state index in [2.05, 4.69) is 10.6 Å². The van der Waals surface area contributed by atoms with Crippen LogP contribution in [0.3, 0.4) is 0 Å². The van der Waals surface area contributed by atoms with Crippen LogP contribution in [0.25, 0.3) is 0 Å². The number of hydrogen-bond donors (Lipinski definition) is 4. The predicted molar refractivity (Wildman–Crippen MR) is 127 cm³/mol. The van der Waals surface area contributed by atoms with E-state index < -0.39 is 20.0 Å². The van der Waals surface area contributed by atoms with Crippen LogP contribution in [-0.4, -0.2) is 49.9 Å². The number of fused-ring (bicyclic) bond motifs is 2. The van der Waals surface area contributed by atoms with Crippen molar-refractivity contribution in [1.82, 2.24) is 0 Å². The maximum Gasteiger partial charge on any atom is 0.261 e. The van der Waals surface area contributed by atoms with E-state index in [4.69, 9.17) is 9.47 Å². The van der Waals surface area contributed by atoms with Gasteiger partial charge in [-0.15, -0.1) is 0 Å². The number of aliphatic hydroxyl groups is 1. The summed E-state index contributed by atoms with van der Waals surface area (Å²) in [5.41, 5.74) is 0.740. The highest BCUT2D eigenvalue weighted by atomic mass is 28.4. The minimum atomic E-state index is -2.72. The highest BCUT2D eigenvalue weighted by Crippen LogP contribution is 2.58. The molecule has 2 aliphatic heterocycles. The molecule has 4 atom stereocenters. The minimum Gasteiger partial charge on any atom is -0.497 e. The molecule has 9 heteroatoms. The number of aliphatic hydroxyl groups excluding tert-OH is 1. The number of methoxy groups -OCH3 is 1. The Morgan fingerprint density at radius 1 is 1.24 bits per heavy atom. The monoisotopic (exact) mass is 470 g/mol. The zero-order chi connectivity index (χ0) is 24.0.